The van der Waals surface area contributed by atoms with Crippen molar-refractivity contribution >= 4 is 32.8 Å². The lowest BCUT2D eigenvalue weighted by molar-refractivity contribution is 0.102. The Labute approximate surface area is 168 Å². The normalized spacial score (nSPS) is 14.9. The van der Waals surface area contributed by atoms with Crippen molar-refractivity contribution in [2.45, 2.75) is 35.8 Å². The number of benzene rings is 2. The Morgan fingerprint density at radius 1 is 1.04 bits per heavy atom. The Morgan fingerprint density at radius 2 is 1.79 bits per heavy atom. The minimum Gasteiger partial charge on any atom is -0.321 e. The molecule has 1 heterocycles. The highest BCUT2D eigenvalue weighted by Gasteiger charge is 2.30. The molecule has 0 radical (unpaired) electrons. The van der Waals surface area contributed by atoms with Crippen molar-refractivity contribution in [2.24, 2.45) is 0 Å². The molecule has 5 nitrogen and oxygen atoms in total. The first-order valence-corrected chi connectivity index (χ1v) is 11.6. The van der Waals surface area contributed by atoms with Gasteiger partial charge in [0.15, 0.2) is 9.84 Å². The van der Waals surface area contributed by atoms with Crippen molar-refractivity contribution in [1.29, 1.82) is 0 Å². The van der Waals surface area contributed by atoms with E-state index in [1.54, 1.807) is 23.6 Å². The zero-order valence-corrected chi connectivity index (χ0v) is 16.8. The highest BCUT2D eigenvalue weighted by Crippen LogP contribution is 2.30. The van der Waals surface area contributed by atoms with E-state index in [1.165, 1.54) is 17.4 Å². The first-order chi connectivity index (χ1) is 13.5. The van der Waals surface area contributed by atoms with Crippen molar-refractivity contribution in [2.75, 3.05) is 5.32 Å². The molecule has 0 aliphatic heterocycles. The molecule has 1 aliphatic rings. The number of carbonyl (C=O) groups excluding carboxylic acids is 1. The second-order valence-electron chi connectivity index (χ2n) is 6.84. The highest BCUT2D eigenvalue weighted by molar-refractivity contribution is 7.92. The summed E-state index contributed by atoms with van der Waals surface area (Å²) in [7, 11) is -3.36. The molecule has 144 valence electrons. The van der Waals surface area contributed by atoms with Gasteiger partial charge in [-0.05, 0) is 31.0 Å². The van der Waals surface area contributed by atoms with Gasteiger partial charge in [-0.15, -0.1) is 11.3 Å². The molecule has 2 aromatic carbocycles. The van der Waals surface area contributed by atoms with Gasteiger partial charge in [0.2, 0.25) is 0 Å². The number of hydrogen-bond acceptors (Lipinski definition) is 5. The summed E-state index contributed by atoms with van der Waals surface area (Å²) in [6.45, 7) is 0. The Bertz CT molecular complexity index is 1090. The van der Waals surface area contributed by atoms with Gasteiger partial charge in [-0.2, -0.15) is 0 Å². The van der Waals surface area contributed by atoms with E-state index >= 15 is 0 Å². The number of anilines is 1. The molecule has 0 atom stereocenters. The van der Waals surface area contributed by atoms with Crippen LogP contribution in [0.5, 0.6) is 0 Å². The fourth-order valence-electron chi connectivity index (χ4n) is 3.43. The predicted molar refractivity (Wildman–Crippen MR) is 111 cm³/mol. The number of carbonyl (C=O) groups is 1. The predicted octanol–water partition coefficient (Wildman–Crippen LogP) is 4.78. The van der Waals surface area contributed by atoms with E-state index in [4.69, 9.17) is 0 Å². The van der Waals surface area contributed by atoms with Crippen LogP contribution in [0, 0.1) is 0 Å². The Kier molecular flexibility index (Phi) is 5.28. The quantitative estimate of drug-likeness (QED) is 0.654. The molecule has 1 aliphatic carbocycles. The molecule has 1 fully saturated rings. The zero-order valence-electron chi connectivity index (χ0n) is 15.2. The van der Waals surface area contributed by atoms with Crippen molar-refractivity contribution < 1.29 is 13.2 Å². The molecule has 1 saturated carbocycles. The average Bonchev–Trinajstić information content (AvgIpc) is 3.41. The van der Waals surface area contributed by atoms with E-state index in [0.29, 0.717) is 24.2 Å². The van der Waals surface area contributed by atoms with Crippen LogP contribution in [0.15, 0.2) is 64.9 Å². The molecule has 4 rings (SSSR count). The number of nitrogens with one attached hydrogen (secondary N) is 1. The van der Waals surface area contributed by atoms with Crippen LogP contribution in [0.1, 0.15) is 36.2 Å². The van der Waals surface area contributed by atoms with Crippen LogP contribution < -0.4 is 5.32 Å². The largest absolute Gasteiger partial charge is 0.321 e. The molecule has 7 heteroatoms. The molecule has 3 aromatic rings. The van der Waals surface area contributed by atoms with E-state index in [9.17, 15) is 13.2 Å². The number of aromatic nitrogens is 1. The summed E-state index contributed by atoms with van der Waals surface area (Å²) in [5.74, 6) is -0.353. The average molecular weight is 413 g/mol. The summed E-state index contributed by atoms with van der Waals surface area (Å²) in [6, 6.07) is 16.1. The van der Waals surface area contributed by atoms with Crippen LogP contribution in [-0.2, 0) is 9.84 Å². The number of hydrogen-bond donors (Lipinski definition) is 1. The van der Waals surface area contributed by atoms with Gasteiger partial charge >= 0.3 is 0 Å². The van der Waals surface area contributed by atoms with Gasteiger partial charge in [0.25, 0.3) is 5.91 Å². The Morgan fingerprint density at radius 3 is 2.54 bits per heavy atom. The van der Waals surface area contributed by atoms with Gasteiger partial charge in [-0.25, -0.2) is 13.4 Å². The second-order valence-corrected chi connectivity index (χ2v) is 9.92. The minimum absolute atomic E-state index is 0.264. The molecule has 1 N–H and O–H groups in total. The summed E-state index contributed by atoms with van der Waals surface area (Å²) < 4.78 is 25.6. The minimum atomic E-state index is -3.36. The first-order valence-electron chi connectivity index (χ1n) is 9.20. The van der Waals surface area contributed by atoms with Gasteiger partial charge in [-0.1, -0.05) is 49.2 Å². The van der Waals surface area contributed by atoms with E-state index in [2.05, 4.69) is 10.3 Å². The molecular weight excluding hydrogens is 392 g/mol. The van der Waals surface area contributed by atoms with Gasteiger partial charge in [-0.3, -0.25) is 4.79 Å². The lowest BCUT2D eigenvalue weighted by Gasteiger charge is -2.12. The fraction of sp³-hybridized carbons (Fsp3) is 0.238. The third-order valence-electron chi connectivity index (χ3n) is 4.92. The highest BCUT2D eigenvalue weighted by atomic mass is 32.2. The molecule has 0 spiro atoms. The van der Waals surface area contributed by atoms with Gasteiger partial charge in [0, 0.05) is 16.6 Å². The summed E-state index contributed by atoms with van der Waals surface area (Å²) in [5.41, 5.74) is 1.72. The third kappa shape index (κ3) is 3.86. The number of nitrogens with zero attached hydrogens (tertiary/aromatic N) is 1. The van der Waals surface area contributed by atoms with Crippen LogP contribution in [-0.4, -0.2) is 24.6 Å². The lowest BCUT2D eigenvalue weighted by atomic mass is 10.2. The van der Waals surface area contributed by atoms with Crippen LogP contribution in [0.25, 0.3) is 10.6 Å². The number of thiazole rings is 1. The van der Waals surface area contributed by atoms with Gasteiger partial charge < -0.3 is 5.32 Å². The summed E-state index contributed by atoms with van der Waals surface area (Å²) in [5, 5.41) is 4.92. The monoisotopic (exact) mass is 412 g/mol. The molecule has 0 bridgehead atoms. The van der Waals surface area contributed by atoms with Crippen molar-refractivity contribution in [3.05, 3.63) is 65.7 Å². The smallest absolute Gasteiger partial charge is 0.275 e. The Balaban J connectivity index is 1.52. The van der Waals surface area contributed by atoms with Crippen LogP contribution in [0.2, 0.25) is 0 Å². The maximum Gasteiger partial charge on any atom is 0.275 e. The standard InChI is InChI=1S/C21H20N2O3S2/c24-20(19-14-27-21(23-19)15-7-2-1-3-8-15)22-16-9-6-12-18(13-16)28(25,26)17-10-4-5-11-17/h1-3,6-9,12-14,17H,4-5,10-11H2,(H,22,24). The zero-order chi connectivity index (χ0) is 19.6. The number of sulfone groups is 1. The van der Waals surface area contributed by atoms with Gasteiger partial charge in [0.1, 0.15) is 10.7 Å². The van der Waals surface area contributed by atoms with Gasteiger partial charge in [0.05, 0.1) is 10.1 Å². The molecule has 0 saturated heterocycles. The molecule has 1 aromatic heterocycles. The molecular formula is C21H20N2O3S2. The van der Waals surface area contributed by atoms with Crippen molar-refractivity contribution in [3.63, 3.8) is 0 Å². The van der Waals surface area contributed by atoms with Crippen LogP contribution in [0.3, 0.4) is 0 Å². The second kappa shape index (κ2) is 7.85. The number of amides is 1. The summed E-state index contributed by atoms with van der Waals surface area (Å²) in [6.07, 6.45) is 3.32. The van der Waals surface area contributed by atoms with Crippen LogP contribution >= 0.6 is 11.3 Å². The van der Waals surface area contributed by atoms with E-state index < -0.39 is 9.84 Å². The Hall–Kier alpha value is -2.51. The first kappa shape index (κ1) is 18.8. The lowest BCUT2D eigenvalue weighted by Crippen LogP contribution is -2.18. The molecule has 28 heavy (non-hydrogen) atoms. The SMILES string of the molecule is O=C(Nc1cccc(S(=O)(=O)C2CCCC2)c1)c1csc(-c2ccccc2)n1. The molecule has 1 amide bonds. The topological polar surface area (TPSA) is 76.1 Å². The summed E-state index contributed by atoms with van der Waals surface area (Å²) >= 11 is 1.40. The van der Waals surface area contributed by atoms with Crippen molar-refractivity contribution in [1.82, 2.24) is 4.98 Å². The van der Waals surface area contributed by atoms with E-state index in [0.717, 1.165) is 23.4 Å². The maximum absolute atomic E-state index is 12.8. The summed E-state index contributed by atoms with van der Waals surface area (Å²) in [4.78, 5) is 17.2. The fourth-order valence-corrected chi connectivity index (χ4v) is 6.13. The van der Waals surface area contributed by atoms with Crippen LogP contribution in [0.4, 0.5) is 5.69 Å². The van der Waals surface area contributed by atoms with E-state index in [1.807, 2.05) is 30.3 Å². The number of rotatable bonds is 5. The van der Waals surface area contributed by atoms with Crippen molar-refractivity contribution in [3.8, 4) is 10.6 Å². The maximum atomic E-state index is 12.8. The molecule has 0 unspecified atom stereocenters. The van der Waals surface area contributed by atoms with E-state index in [-0.39, 0.29) is 16.1 Å². The third-order valence-corrected chi connectivity index (χ3v) is 8.07.